The van der Waals surface area contributed by atoms with Gasteiger partial charge in [-0.25, -0.2) is 4.98 Å². The third-order valence-electron chi connectivity index (χ3n) is 3.02. The third-order valence-corrected chi connectivity index (χ3v) is 3.02. The maximum atomic E-state index is 11.8. The normalized spacial score (nSPS) is 10.4. The van der Waals surface area contributed by atoms with E-state index in [4.69, 9.17) is 10.5 Å². The van der Waals surface area contributed by atoms with Gasteiger partial charge in [-0.15, -0.1) is 0 Å². The summed E-state index contributed by atoms with van der Waals surface area (Å²) in [5.74, 6) is 0.900. The van der Waals surface area contributed by atoms with Crippen LogP contribution in [0.15, 0.2) is 42.6 Å². The molecule has 110 valence electrons. The molecule has 21 heavy (non-hydrogen) atoms. The largest absolute Gasteiger partial charge is 0.480 e. The summed E-state index contributed by atoms with van der Waals surface area (Å²) in [5.41, 5.74) is 7.61. The number of carbonyl (C=O) groups excluding carboxylic acids is 1. The molecule has 1 aromatic carbocycles. The Hall–Kier alpha value is -2.56. The third kappa shape index (κ3) is 4.21. The summed E-state index contributed by atoms with van der Waals surface area (Å²) in [4.78, 5) is 15.7. The zero-order valence-corrected chi connectivity index (χ0v) is 12.2. The second-order valence-electron chi connectivity index (χ2n) is 5.00. The molecule has 0 aliphatic rings. The number of carbonyl (C=O) groups is 1. The molecule has 0 aliphatic heterocycles. The van der Waals surface area contributed by atoms with Crippen LogP contribution in [0.3, 0.4) is 0 Å². The highest BCUT2D eigenvalue weighted by Crippen LogP contribution is 2.18. The van der Waals surface area contributed by atoms with Crippen molar-refractivity contribution in [1.29, 1.82) is 0 Å². The van der Waals surface area contributed by atoms with Gasteiger partial charge in [0.1, 0.15) is 0 Å². The van der Waals surface area contributed by atoms with Crippen molar-refractivity contribution in [2.75, 3.05) is 17.7 Å². The molecule has 2 aromatic rings. The molecule has 1 heterocycles. The van der Waals surface area contributed by atoms with E-state index in [1.54, 1.807) is 18.3 Å². The van der Waals surface area contributed by atoms with Crippen LogP contribution in [0.25, 0.3) is 0 Å². The van der Waals surface area contributed by atoms with E-state index in [9.17, 15) is 4.79 Å². The van der Waals surface area contributed by atoms with Gasteiger partial charge < -0.3 is 15.8 Å². The minimum absolute atomic E-state index is 0.109. The molecular weight excluding hydrogens is 266 g/mol. The van der Waals surface area contributed by atoms with E-state index < -0.39 is 0 Å². The lowest BCUT2D eigenvalue weighted by molar-refractivity contribution is -0.118. The highest BCUT2D eigenvalue weighted by Gasteiger charge is 2.06. The molecule has 1 aromatic heterocycles. The van der Waals surface area contributed by atoms with E-state index >= 15 is 0 Å². The van der Waals surface area contributed by atoms with Gasteiger partial charge in [-0.1, -0.05) is 26.0 Å². The Morgan fingerprint density at radius 3 is 2.62 bits per heavy atom. The molecule has 2 rings (SSSR count). The molecule has 5 nitrogen and oxygen atoms in total. The van der Waals surface area contributed by atoms with Gasteiger partial charge in [-0.05, 0) is 35.7 Å². The lowest BCUT2D eigenvalue weighted by Crippen LogP contribution is -2.20. The van der Waals surface area contributed by atoms with Crippen LogP contribution in [0.4, 0.5) is 11.5 Å². The number of pyridine rings is 1. The topological polar surface area (TPSA) is 77.2 Å². The number of hydrogen-bond acceptors (Lipinski definition) is 4. The molecule has 3 N–H and O–H groups in total. The fourth-order valence-corrected chi connectivity index (χ4v) is 1.82. The summed E-state index contributed by atoms with van der Waals surface area (Å²) in [6.07, 6.45) is 1.57. The van der Waals surface area contributed by atoms with Crippen molar-refractivity contribution < 1.29 is 9.53 Å². The summed E-state index contributed by atoms with van der Waals surface area (Å²) in [6, 6.07) is 11.1. The second kappa shape index (κ2) is 6.74. The first-order valence-corrected chi connectivity index (χ1v) is 6.79. The quantitative estimate of drug-likeness (QED) is 0.885. The number of amides is 1. The molecule has 1 amide bonds. The number of anilines is 2. The smallest absolute Gasteiger partial charge is 0.262 e. The molecule has 0 saturated heterocycles. The lowest BCUT2D eigenvalue weighted by atomic mass is 10.0. The Morgan fingerprint density at radius 2 is 2.00 bits per heavy atom. The van der Waals surface area contributed by atoms with Crippen molar-refractivity contribution in [3.63, 3.8) is 0 Å². The van der Waals surface area contributed by atoms with Crippen molar-refractivity contribution in [3.05, 3.63) is 48.2 Å². The van der Waals surface area contributed by atoms with E-state index in [1.807, 2.05) is 24.3 Å². The summed E-state index contributed by atoms with van der Waals surface area (Å²) >= 11 is 0. The van der Waals surface area contributed by atoms with Crippen LogP contribution in [0.2, 0.25) is 0 Å². The SMILES string of the molecule is CC(C)c1ccc(NC(=O)COc2cccnc2N)cc1. The molecule has 0 aliphatic carbocycles. The second-order valence-corrected chi connectivity index (χ2v) is 5.00. The molecule has 0 unspecified atom stereocenters. The van der Waals surface area contributed by atoms with E-state index in [-0.39, 0.29) is 18.3 Å². The predicted molar refractivity (Wildman–Crippen MR) is 83.3 cm³/mol. The minimum Gasteiger partial charge on any atom is -0.480 e. The van der Waals surface area contributed by atoms with Crippen LogP contribution in [-0.2, 0) is 4.79 Å². The molecule has 0 radical (unpaired) electrons. The molecular formula is C16H19N3O2. The molecule has 0 atom stereocenters. The molecule has 0 fully saturated rings. The van der Waals surface area contributed by atoms with Gasteiger partial charge in [-0.3, -0.25) is 4.79 Å². The van der Waals surface area contributed by atoms with Crippen LogP contribution in [0.1, 0.15) is 25.3 Å². The Morgan fingerprint density at radius 1 is 1.29 bits per heavy atom. The van der Waals surface area contributed by atoms with Crippen molar-refractivity contribution >= 4 is 17.4 Å². The Balaban J connectivity index is 1.88. The molecule has 0 bridgehead atoms. The number of nitrogens with two attached hydrogens (primary N) is 1. The van der Waals surface area contributed by atoms with E-state index in [0.717, 1.165) is 5.69 Å². The van der Waals surface area contributed by atoms with Crippen LogP contribution < -0.4 is 15.8 Å². The number of nitrogen functional groups attached to an aromatic ring is 1. The maximum absolute atomic E-state index is 11.8. The minimum atomic E-state index is -0.240. The summed E-state index contributed by atoms with van der Waals surface area (Å²) in [5, 5.41) is 2.77. The molecule has 5 heteroatoms. The first-order chi connectivity index (χ1) is 10.1. The molecule has 0 spiro atoms. The Labute approximate surface area is 124 Å². The van der Waals surface area contributed by atoms with E-state index in [2.05, 4.69) is 24.1 Å². The number of rotatable bonds is 5. The van der Waals surface area contributed by atoms with Crippen molar-refractivity contribution in [2.45, 2.75) is 19.8 Å². The predicted octanol–water partition coefficient (Wildman–Crippen LogP) is 2.80. The van der Waals surface area contributed by atoms with Gasteiger partial charge in [-0.2, -0.15) is 0 Å². The van der Waals surface area contributed by atoms with Crippen LogP contribution in [0, 0.1) is 0 Å². The average Bonchev–Trinajstić information content (AvgIpc) is 2.47. The Kier molecular flexibility index (Phi) is 4.77. The zero-order chi connectivity index (χ0) is 15.2. The number of nitrogens with one attached hydrogen (secondary N) is 1. The Bertz CT molecular complexity index is 609. The fraction of sp³-hybridized carbons (Fsp3) is 0.250. The summed E-state index contributed by atoms with van der Waals surface area (Å²) in [7, 11) is 0. The van der Waals surface area contributed by atoms with Gasteiger partial charge in [0, 0.05) is 11.9 Å². The number of hydrogen-bond donors (Lipinski definition) is 2. The standard InChI is InChI=1S/C16H19N3O2/c1-11(2)12-5-7-13(8-6-12)19-15(20)10-21-14-4-3-9-18-16(14)17/h3-9,11H,10H2,1-2H3,(H2,17,18)(H,19,20). The van der Waals surface area contributed by atoms with Crippen LogP contribution >= 0.6 is 0 Å². The number of aromatic nitrogens is 1. The van der Waals surface area contributed by atoms with E-state index in [0.29, 0.717) is 11.7 Å². The van der Waals surface area contributed by atoms with Gasteiger partial charge in [0.15, 0.2) is 18.2 Å². The van der Waals surface area contributed by atoms with Crippen molar-refractivity contribution in [2.24, 2.45) is 0 Å². The van der Waals surface area contributed by atoms with Crippen LogP contribution in [0.5, 0.6) is 5.75 Å². The first kappa shape index (κ1) is 14.8. The highest BCUT2D eigenvalue weighted by atomic mass is 16.5. The van der Waals surface area contributed by atoms with Gasteiger partial charge in [0.05, 0.1) is 0 Å². The number of ether oxygens (including phenoxy) is 1. The maximum Gasteiger partial charge on any atom is 0.262 e. The van der Waals surface area contributed by atoms with Crippen LogP contribution in [-0.4, -0.2) is 17.5 Å². The van der Waals surface area contributed by atoms with Gasteiger partial charge >= 0.3 is 0 Å². The number of benzene rings is 1. The van der Waals surface area contributed by atoms with E-state index in [1.165, 1.54) is 5.56 Å². The van der Waals surface area contributed by atoms with Crippen molar-refractivity contribution in [3.8, 4) is 5.75 Å². The summed E-state index contributed by atoms with van der Waals surface area (Å²) < 4.78 is 5.33. The fourth-order valence-electron chi connectivity index (χ4n) is 1.82. The average molecular weight is 285 g/mol. The van der Waals surface area contributed by atoms with Crippen molar-refractivity contribution in [1.82, 2.24) is 4.98 Å². The number of nitrogens with zero attached hydrogens (tertiary/aromatic N) is 1. The lowest BCUT2D eigenvalue weighted by Gasteiger charge is -2.10. The highest BCUT2D eigenvalue weighted by molar-refractivity contribution is 5.91. The monoisotopic (exact) mass is 285 g/mol. The summed E-state index contributed by atoms with van der Waals surface area (Å²) in [6.45, 7) is 4.14. The van der Waals surface area contributed by atoms with Gasteiger partial charge in [0.25, 0.3) is 5.91 Å². The zero-order valence-electron chi connectivity index (χ0n) is 12.2. The van der Waals surface area contributed by atoms with Gasteiger partial charge in [0.2, 0.25) is 0 Å². The molecule has 0 saturated carbocycles. The first-order valence-electron chi connectivity index (χ1n) is 6.79.